The Morgan fingerprint density at radius 2 is 1.69 bits per heavy atom. The predicted octanol–water partition coefficient (Wildman–Crippen LogP) is 4.01. The van der Waals surface area contributed by atoms with Crippen LogP contribution in [0, 0.1) is 10.8 Å². The molecule has 1 rings (SSSR count). The molecule has 1 aliphatic rings. The monoisotopic (exact) mass is 224 g/mol. The van der Waals surface area contributed by atoms with Crippen LogP contribution in [-0.2, 0) is 4.79 Å². The lowest BCUT2D eigenvalue weighted by Gasteiger charge is -2.46. The average molecular weight is 224 g/mol. The molecule has 0 unspecified atom stereocenters. The number of hydrogen-bond donors (Lipinski definition) is 1. The van der Waals surface area contributed by atoms with Gasteiger partial charge in [0.2, 0.25) is 0 Å². The van der Waals surface area contributed by atoms with Gasteiger partial charge in [-0.3, -0.25) is 0 Å². The van der Waals surface area contributed by atoms with Crippen molar-refractivity contribution in [3.8, 4) is 0 Å². The Labute approximate surface area is 98.7 Å². The van der Waals surface area contributed by atoms with E-state index in [1.807, 2.05) is 6.08 Å². The normalized spacial score (nSPS) is 21.9. The molecule has 0 bridgehead atoms. The molecule has 0 radical (unpaired) electrons. The van der Waals surface area contributed by atoms with Gasteiger partial charge in [0.15, 0.2) is 0 Å². The summed E-state index contributed by atoms with van der Waals surface area (Å²) in [6.45, 7) is 8.39. The van der Waals surface area contributed by atoms with Crippen molar-refractivity contribution in [2.75, 3.05) is 0 Å². The van der Waals surface area contributed by atoms with E-state index in [0.29, 0.717) is 5.57 Å². The van der Waals surface area contributed by atoms with Crippen molar-refractivity contribution in [3.63, 3.8) is 0 Å². The van der Waals surface area contributed by atoms with Crippen LogP contribution in [0.2, 0.25) is 0 Å². The summed E-state index contributed by atoms with van der Waals surface area (Å²) in [7, 11) is 0. The maximum atomic E-state index is 11.0. The molecule has 0 heterocycles. The molecular formula is C14H24O2. The second-order valence-corrected chi connectivity index (χ2v) is 6.10. The smallest absolute Gasteiger partial charge is 0.330 e. The molecule has 1 aliphatic carbocycles. The standard InChI is InChI=1S/C14H24O2/c1-11(12(15)16)10-14(13(2,3)4)8-6-5-7-9-14/h10H,5-9H2,1-4H3,(H,15,16). The zero-order valence-corrected chi connectivity index (χ0v) is 11.0. The summed E-state index contributed by atoms with van der Waals surface area (Å²) in [5.41, 5.74) is 0.717. The van der Waals surface area contributed by atoms with E-state index in [2.05, 4.69) is 20.8 Å². The summed E-state index contributed by atoms with van der Waals surface area (Å²) in [6, 6.07) is 0. The fraction of sp³-hybridized carbons (Fsp3) is 0.786. The van der Waals surface area contributed by atoms with E-state index in [4.69, 9.17) is 5.11 Å². The molecule has 0 atom stereocenters. The lowest BCUT2D eigenvalue weighted by atomic mass is 9.59. The molecule has 16 heavy (non-hydrogen) atoms. The minimum absolute atomic E-state index is 0.0771. The van der Waals surface area contributed by atoms with Gasteiger partial charge in [-0.15, -0.1) is 0 Å². The molecule has 0 saturated heterocycles. The third-order valence-electron chi connectivity index (χ3n) is 4.07. The highest BCUT2D eigenvalue weighted by atomic mass is 16.4. The van der Waals surface area contributed by atoms with Crippen LogP contribution < -0.4 is 0 Å². The summed E-state index contributed by atoms with van der Waals surface area (Å²) in [4.78, 5) is 11.0. The van der Waals surface area contributed by atoms with Gasteiger partial charge in [-0.2, -0.15) is 0 Å². The largest absolute Gasteiger partial charge is 0.478 e. The third-order valence-corrected chi connectivity index (χ3v) is 4.07. The summed E-state index contributed by atoms with van der Waals surface area (Å²) in [6.07, 6.45) is 8.01. The molecule has 0 aromatic heterocycles. The SMILES string of the molecule is CC(=CC1(C(C)(C)C)CCCCC1)C(=O)O. The Morgan fingerprint density at radius 1 is 1.19 bits per heavy atom. The van der Waals surface area contributed by atoms with Crippen LogP contribution in [-0.4, -0.2) is 11.1 Å². The topological polar surface area (TPSA) is 37.3 Å². The Hall–Kier alpha value is -0.790. The molecule has 2 nitrogen and oxygen atoms in total. The third kappa shape index (κ3) is 2.66. The second kappa shape index (κ2) is 4.60. The van der Waals surface area contributed by atoms with Gasteiger partial charge in [-0.05, 0) is 30.6 Å². The Balaban J connectivity index is 3.05. The zero-order valence-electron chi connectivity index (χ0n) is 11.0. The number of carboxylic acid groups (broad SMARTS) is 1. The Kier molecular flexibility index (Phi) is 3.82. The number of hydrogen-bond acceptors (Lipinski definition) is 1. The van der Waals surface area contributed by atoms with Crippen molar-refractivity contribution in [2.24, 2.45) is 10.8 Å². The number of aliphatic carboxylic acids is 1. The van der Waals surface area contributed by atoms with Crippen molar-refractivity contribution in [3.05, 3.63) is 11.6 Å². The van der Waals surface area contributed by atoms with Crippen LogP contribution in [0.4, 0.5) is 0 Å². The van der Waals surface area contributed by atoms with E-state index in [9.17, 15) is 4.79 Å². The predicted molar refractivity (Wildman–Crippen MR) is 66.4 cm³/mol. The van der Waals surface area contributed by atoms with Crippen molar-refractivity contribution < 1.29 is 9.90 Å². The first-order valence-corrected chi connectivity index (χ1v) is 6.21. The van der Waals surface area contributed by atoms with Gasteiger partial charge in [-0.25, -0.2) is 4.79 Å². The highest BCUT2D eigenvalue weighted by Crippen LogP contribution is 2.51. The molecule has 0 aromatic rings. The van der Waals surface area contributed by atoms with E-state index in [0.717, 1.165) is 12.8 Å². The number of allylic oxidation sites excluding steroid dienone is 1. The zero-order chi connectivity index (χ0) is 12.4. The molecule has 92 valence electrons. The minimum Gasteiger partial charge on any atom is -0.478 e. The van der Waals surface area contributed by atoms with Gasteiger partial charge in [0.1, 0.15) is 0 Å². The molecular weight excluding hydrogens is 200 g/mol. The summed E-state index contributed by atoms with van der Waals surface area (Å²) in [5.74, 6) is -0.783. The van der Waals surface area contributed by atoms with E-state index < -0.39 is 5.97 Å². The Bertz CT molecular complexity index is 288. The average Bonchev–Trinajstić information content (AvgIpc) is 2.17. The molecule has 0 aliphatic heterocycles. The van der Waals surface area contributed by atoms with Gasteiger partial charge in [0.05, 0.1) is 0 Å². The highest BCUT2D eigenvalue weighted by Gasteiger charge is 2.41. The van der Waals surface area contributed by atoms with Gasteiger partial charge >= 0.3 is 5.97 Å². The summed E-state index contributed by atoms with van der Waals surface area (Å²) >= 11 is 0. The van der Waals surface area contributed by atoms with Gasteiger partial charge < -0.3 is 5.11 Å². The minimum atomic E-state index is -0.783. The summed E-state index contributed by atoms with van der Waals surface area (Å²) < 4.78 is 0. The van der Waals surface area contributed by atoms with Crippen molar-refractivity contribution in [1.29, 1.82) is 0 Å². The van der Waals surface area contributed by atoms with Crippen LogP contribution in [0.1, 0.15) is 59.8 Å². The fourth-order valence-electron chi connectivity index (χ4n) is 2.77. The maximum absolute atomic E-state index is 11.0. The fourth-order valence-corrected chi connectivity index (χ4v) is 2.77. The molecule has 0 aromatic carbocycles. The molecule has 1 saturated carbocycles. The molecule has 0 spiro atoms. The van der Waals surface area contributed by atoms with Crippen LogP contribution >= 0.6 is 0 Å². The second-order valence-electron chi connectivity index (χ2n) is 6.10. The number of carbonyl (C=O) groups is 1. The van der Waals surface area contributed by atoms with Gasteiger partial charge in [0.25, 0.3) is 0 Å². The van der Waals surface area contributed by atoms with Crippen LogP contribution in [0.25, 0.3) is 0 Å². The lowest BCUT2D eigenvalue weighted by Crippen LogP contribution is -2.36. The van der Waals surface area contributed by atoms with Crippen molar-refractivity contribution in [2.45, 2.75) is 59.8 Å². The first-order valence-electron chi connectivity index (χ1n) is 6.21. The van der Waals surface area contributed by atoms with Gasteiger partial charge in [-0.1, -0.05) is 46.1 Å². The first-order chi connectivity index (χ1) is 7.28. The van der Waals surface area contributed by atoms with Crippen LogP contribution in [0.5, 0.6) is 0 Å². The summed E-state index contributed by atoms with van der Waals surface area (Å²) in [5, 5.41) is 9.02. The highest BCUT2D eigenvalue weighted by molar-refractivity contribution is 5.85. The maximum Gasteiger partial charge on any atom is 0.330 e. The molecule has 0 amide bonds. The van der Waals surface area contributed by atoms with E-state index in [1.54, 1.807) is 6.92 Å². The molecule has 1 N–H and O–H groups in total. The Morgan fingerprint density at radius 3 is 2.06 bits per heavy atom. The van der Waals surface area contributed by atoms with Crippen molar-refractivity contribution >= 4 is 5.97 Å². The molecule has 2 heteroatoms. The number of carboxylic acids is 1. The van der Waals surface area contributed by atoms with E-state index in [1.165, 1.54) is 19.3 Å². The lowest BCUT2D eigenvalue weighted by molar-refractivity contribution is -0.132. The van der Waals surface area contributed by atoms with Gasteiger partial charge in [0, 0.05) is 5.57 Å². The van der Waals surface area contributed by atoms with E-state index in [-0.39, 0.29) is 10.8 Å². The molecule has 1 fully saturated rings. The number of rotatable bonds is 2. The van der Waals surface area contributed by atoms with Crippen LogP contribution in [0.3, 0.4) is 0 Å². The van der Waals surface area contributed by atoms with Crippen LogP contribution in [0.15, 0.2) is 11.6 Å². The first kappa shape index (κ1) is 13.3. The van der Waals surface area contributed by atoms with Crippen molar-refractivity contribution in [1.82, 2.24) is 0 Å². The van der Waals surface area contributed by atoms with E-state index >= 15 is 0 Å². The quantitative estimate of drug-likeness (QED) is 0.719.